The quantitative estimate of drug-likeness (QED) is 0.626. The van der Waals surface area contributed by atoms with Gasteiger partial charge in [-0.15, -0.1) is 0 Å². The lowest BCUT2D eigenvalue weighted by molar-refractivity contribution is 0.919. The van der Waals surface area contributed by atoms with Crippen LogP contribution in [0, 0.1) is 0 Å². The molecule has 2 aromatic rings. The van der Waals surface area contributed by atoms with E-state index in [0.29, 0.717) is 11.2 Å². The highest BCUT2D eigenvalue weighted by atomic mass is 32.1. The minimum atomic E-state index is 0.575. The van der Waals surface area contributed by atoms with Gasteiger partial charge in [0.25, 0.3) is 0 Å². The third-order valence-corrected chi connectivity index (χ3v) is 4.18. The largest absolute Gasteiger partial charge is 0.378 e. The Morgan fingerprint density at radius 1 is 0.958 bits per heavy atom. The van der Waals surface area contributed by atoms with E-state index < -0.39 is 0 Å². The first-order valence-corrected chi connectivity index (χ1v) is 8.64. The van der Waals surface area contributed by atoms with Crippen molar-refractivity contribution in [3.05, 3.63) is 59.7 Å². The molecule has 0 radical (unpaired) electrons. The predicted molar refractivity (Wildman–Crippen MR) is 109 cm³/mol. The van der Waals surface area contributed by atoms with Crippen LogP contribution in [-0.4, -0.2) is 25.2 Å². The minimum Gasteiger partial charge on any atom is -0.378 e. The van der Waals surface area contributed by atoms with Crippen molar-refractivity contribution in [1.29, 1.82) is 0 Å². The number of thiocarbonyl (C=S) groups is 1. The number of rotatable bonds is 5. The van der Waals surface area contributed by atoms with Crippen LogP contribution >= 0.6 is 12.2 Å². The van der Waals surface area contributed by atoms with Crippen LogP contribution in [0.1, 0.15) is 24.0 Å². The Labute approximate surface area is 149 Å². The number of hydrogen-bond acceptors (Lipinski definition) is 2. The first-order chi connectivity index (χ1) is 11.6. The molecule has 0 unspecified atom stereocenters. The Morgan fingerprint density at radius 2 is 1.50 bits per heavy atom. The van der Waals surface area contributed by atoms with E-state index in [-0.39, 0.29) is 0 Å². The Kier molecular flexibility index (Phi) is 5.16. The lowest BCUT2D eigenvalue weighted by Crippen LogP contribution is -2.30. The van der Waals surface area contributed by atoms with E-state index in [1.807, 2.05) is 14.1 Å². The molecule has 0 aromatic heterocycles. The molecule has 0 aliphatic heterocycles. The molecule has 0 spiro atoms. The monoisotopic (exact) mass is 337 g/mol. The van der Waals surface area contributed by atoms with E-state index in [9.17, 15) is 0 Å². The molecular formula is C20H23N3S. The lowest BCUT2D eigenvalue weighted by Gasteiger charge is -2.11. The van der Waals surface area contributed by atoms with Crippen molar-refractivity contribution in [2.75, 3.05) is 24.3 Å². The van der Waals surface area contributed by atoms with Gasteiger partial charge in [-0.05, 0) is 60.5 Å². The van der Waals surface area contributed by atoms with E-state index in [0.717, 1.165) is 5.69 Å². The van der Waals surface area contributed by atoms with E-state index >= 15 is 0 Å². The van der Waals surface area contributed by atoms with Crippen LogP contribution in [0.15, 0.2) is 48.5 Å². The molecule has 0 atom stereocenters. The summed E-state index contributed by atoms with van der Waals surface area (Å²) in [6.07, 6.45) is 6.69. The van der Waals surface area contributed by atoms with Crippen molar-refractivity contribution in [3.63, 3.8) is 0 Å². The summed E-state index contributed by atoms with van der Waals surface area (Å²) in [6.45, 7) is 0. The summed E-state index contributed by atoms with van der Waals surface area (Å²) in [6, 6.07) is 17.4. The zero-order valence-electron chi connectivity index (χ0n) is 14.1. The molecule has 2 aromatic carbocycles. The van der Waals surface area contributed by atoms with Gasteiger partial charge in [-0.25, -0.2) is 0 Å². The maximum absolute atomic E-state index is 5.29. The van der Waals surface area contributed by atoms with Gasteiger partial charge in [-0.1, -0.05) is 36.4 Å². The summed E-state index contributed by atoms with van der Waals surface area (Å²) in [4.78, 5) is 2.10. The van der Waals surface area contributed by atoms with Crippen LogP contribution in [0.5, 0.6) is 0 Å². The van der Waals surface area contributed by atoms with E-state index in [1.165, 1.54) is 29.7 Å². The molecule has 0 amide bonds. The summed E-state index contributed by atoms with van der Waals surface area (Å²) < 4.78 is 0. The van der Waals surface area contributed by atoms with Crippen molar-refractivity contribution in [2.24, 2.45) is 0 Å². The zero-order chi connectivity index (χ0) is 16.9. The fourth-order valence-corrected chi connectivity index (χ4v) is 2.62. The maximum atomic E-state index is 5.29. The van der Waals surface area contributed by atoms with Crippen LogP contribution in [0.3, 0.4) is 0 Å². The number of hydrogen-bond donors (Lipinski definition) is 2. The first-order valence-electron chi connectivity index (χ1n) is 8.23. The third-order valence-electron chi connectivity index (χ3n) is 3.96. The molecule has 1 aliphatic rings. The Hall–Kier alpha value is -2.33. The summed E-state index contributed by atoms with van der Waals surface area (Å²) in [5.74, 6) is 0. The van der Waals surface area contributed by atoms with Crippen LogP contribution < -0.4 is 15.5 Å². The highest BCUT2D eigenvalue weighted by Crippen LogP contribution is 2.19. The van der Waals surface area contributed by atoms with Gasteiger partial charge in [-0.2, -0.15) is 0 Å². The van der Waals surface area contributed by atoms with Crippen LogP contribution in [0.2, 0.25) is 0 Å². The van der Waals surface area contributed by atoms with E-state index in [2.05, 4.69) is 76.2 Å². The molecule has 24 heavy (non-hydrogen) atoms. The number of nitrogens with one attached hydrogen (secondary N) is 2. The summed E-state index contributed by atoms with van der Waals surface area (Å²) >= 11 is 5.29. The Morgan fingerprint density at radius 3 is 2.00 bits per heavy atom. The zero-order valence-corrected chi connectivity index (χ0v) is 14.9. The molecule has 0 saturated heterocycles. The van der Waals surface area contributed by atoms with Crippen molar-refractivity contribution in [3.8, 4) is 0 Å². The predicted octanol–water partition coefficient (Wildman–Crippen LogP) is 4.37. The lowest BCUT2D eigenvalue weighted by atomic mass is 10.1. The molecule has 124 valence electrons. The molecule has 1 saturated carbocycles. The second-order valence-corrected chi connectivity index (χ2v) is 6.72. The van der Waals surface area contributed by atoms with Crippen LogP contribution in [-0.2, 0) is 0 Å². The molecule has 0 bridgehead atoms. The topological polar surface area (TPSA) is 27.3 Å². The van der Waals surface area contributed by atoms with E-state index in [4.69, 9.17) is 12.2 Å². The fourth-order valence-electron chi connectivity index (χ4n) is 2.33. The summed E-state index contributed by atoms with van der Waals surface area (Å²) in [5, 5.41) is 7.21. The van der Waals surface area contributed by atoms with Gasteiger partial charge in [0.2, 0.25) is 0 Å². The van der Waals surface area contributed by atoms with Gasteiger partial charge in [0.1, 0.15) is 0 Å². The average Bonchev–Trinajstić information content (AvgIpc) is 3.38. The molecule has 1 fully saturated rings. The molecule has 2 N–H and O–H groups in total. The molecule has 1 aliphatic carbocycles. The second-order valence-electron chi connectivity index (χ2n) is 6.31. The smallest absolute Gasteiger partial charge is 0.170 e. The highest BCUT2D eigenvalue weighted by molar-refractivity contribution is 7.80. The van der Waals surface area contributed by atoms with Crippen molar-refractivity contribution in [2.45, 2.75) is 18.9 Å². The van der Waals surface area contributed by atoms with Crippen molar-refractivity contribution in [1.82, 2.24) is 5.32 Å². The third kappa shape index (κ3) is 4.83. The van der Waals surface area contributed by atoms with Gasteiger partial charge in [0.15, 0.2) is 5.11 Å². The number of anilines is 2. The van der Waals surface area contributed by atoms with Crippen LogP contribution in [0.4, 0.5) is 11.4 Å². The standard InChI is InChI=1S/C20H23N3S/c1-23(2)19-13-7-16(8-14-19)4-3-15-5-9-17(10-6-15)21-20(24)22-18-11-12-18/h3-10,13-14,18H,11-12H2,1-2H3,(H2,21,22,24)/b4-3+. The summed E-state index contributed by atoms with van der Waals surface area (Å²) in [5.41, 5.74) is 4.58. The first kappa shape index (κ1) is 16.5. The van der Waals surface area contributed by atoms with Gasteiger partial charge in [0.05, 0.1) is 0 Å². The van der Waals surface area contributed by atoms with Crippen molar-refractivity contribution >= 4 is 40.9 Å². The second kappa shape index (κ2) is 7.49. The highest BCUT2D eigenvalue weighted by Gasteiger charge is 2.21. The van der Waals surface area contributed by atoms with Crippen molar-refractivity contribution < 1.29 is 0 Å². The molecule has 3 nitrogen and oxygen atoms in total. The molecule has 0 heterocycles. The normalized spacial score (nSPS) is 13.8. The van der Waals surface area contributed by atoms with Gasteiger partial charge < -0.3 is 15.5 Å². The Bertz CT molecular complexity index is 714. The number of nitrogens with zero attached hydrogens (tertiary/aromatic N) is 1. The van der Waals surface area contributed by atoms with Crippen LogP contribution in [0.25, 0.3) is 12.2 Å². The minimum absolute atomic E-state index is 0.575. The maximum Gasteiger partial charge on any atom is 0.170 e. The van der Waals surface area contributed by atoms with Gasteiger partial charge >= 0.3 is 0 Å². The molecular weight excluding hydrogens is 314 g/mol. The average molecular weight is 337 g/mol. The van der Waals surface area contributed by atoms with Gasteiger partial charge in [0, 0.05) is 31.5 Å². The van der Waals surface area contributed by atoms with E-state index in [1.54, 1.807) is 0 Å². The summed E-state index contributed by atoms with van der Waals surface area (Å²) in [7, 11) is 4.10. The SMILES string of the molecule is CN(C)c1ccc(/C=C/c2ccc(NC(=S)NC3CC3)cc2)cc1. The molecule has 3 rings (SSSR count). The fraction of sp³-hybridized carbons (Fsp3) is 0.250. The van der Waals surface area contributed by atoms with Gasteiger partial charge in [-0.3, -0.25) is 0 Å². The Balaban J connectivity index is 1.57. The number of benzene rings is 2. The molecule has 4 heteroatoms.